The Bertz CT molecular complexity index is 759. The summed E-state index contributed by atoms with van der Waals surface area (Å²) in [6.45, 7) is 0.0699. The minimum absolute atomic E-state index is 0.0699. The van der Waals surface area contributed by atoms with Gasteiger partial charge in [0, 0.05) is 28.1 Å². The van der Waals surface area contributed by atoms with Crippen molar-refractivity contribution in [1.29, 1.82) is 0 Å². The molecule has 1 N–H and O–H groups in total. The van der Waals surface area contributed by atoms with Gasteiger partial charge in [-0.05, 0) is 42.3 Å². The fraction of sp³-hybridized carbons (Fsp3) is 0.222. The number of carbonyl (C=O) groups is 2. The molecule has 1 unspecified atom stereocenters. The van der Waals surface area contributed by atoms with Gasteiger partial charge in [-0.15, -0.1) is 0 Å². The van der Waals surface area contributed by atoms with E-state index in [-0.39, 0.29) is 18.4 Å². The summed E-state index contributed by atoms with van der Waals surface area (Å²) < 4.78 is 0. The highest BCUT2D eigenvalue weighted by atomic mass is 35.5. The molecule has 0 fully saturated rings. The largest absolute Gasteiger partial charge is 0.303 e. The van der Waals surface area contributed by atoms with Crippen LogP contribution >= 0.6 is 46.4 Å². The summed E-state index contributed by atoms with van der Waals surface area (Å²) in [5, 5.41) is 4.83. The van der Waals surface area contributed by atoms with Gasteiger partial charge in [-0.3, -0.25) is 4.79 Å². The lowest BCUT2D eigenvalue weighted by Gasteiger charge is -2.18. The predicted octanol–water partition coefficient (Wildman–Crippen LogP) is 5.79. The maximum absolute atomic E-state index is 12.4. The van der Waals surface area contributed by atoms with Crippen molar-refractivity contribution in [3.63, 3.8) is 0 Å². The predicted molar refractivity (Wildman–Crippen MR) is 103 cm³/mol. The number of hydrogen-bond acceptors (Lipinski definition) is 3. The van der Waals surface area contributed by atoms with Crippen molar-refractivity contribution in [2.45, 2.75) is 18.9 Å². The molecular weight excluding hydrogens is 404 g/mol. The van der Waals surface area contributed by atoms with Crippen molar-refractivity contribution in [2.75, 3.05) is 6.54 Å². The summed E-state index contributed by atoms with van der Waals surface area (Å²) in [6.07, 6.45) is 1.73. The van der Waals surface area contributed by atoms with Crippen LogP contribution in [-0.2, 0) is 4.79 Å². The molecule has 2 aromatic carbocycles. The number of aldehydes is 1. The first kappa shape index (κ1) is 20.2. The molecule has 0 bridgehead atoms. The number of ketones is 1. The molecule has 2 rings (SSSR count). The number of nitrogens with one attached hydrogen (secondary N) is 1. The number of Topliss-reactive ketones (excluding diaryl/α,β-unsaturated/α-hetero) is 1. The molecule has 2 aromatic rings. The van der Waals surface area contributed by atoms with Gasteiger partial charge in [0.15, 0.2) is 5.78 Å². The zero-order valence-corrected chi connectivity index (χ0v) is 16.1. The number of rotatable bonds is 8. The zero-order valence-electron chi connectivity index (χ0n) is 13.1. The van der Waals surface area contributed by atoms with E-state index in [0.29, 0.717) is 38.5 Å². The second kappa shape index (κ2) is 9.56. The lowest BCUT2D eigenvalue weighted by Crippen LogP contribution is -2.28. The van der Waals surface area contributed by atoms with Crippen LogP contribution in [0.15, 0.2) is 36.4 Å². The van der Waals surface area contributed by atoms with E-state index in [1.54, 1.807) is 30.3 Å². The molecule has 0 saturated carbocycles. The van der Waals surface area contributed by atoms with Crippen LogP contribution in [-0.4, -0.2) is 18.6 Å². The molecule has 0 aliphatic carbocycles. The lowest BCUT2D eigenvalue weighted by molar-refractivity contribution is -0.108. The average molecular weight is 419 g/mol. The Morgan fingerprint density at radius 3 is 2.28 bits per heavy atom. The van der Waals surface area contributed by atoms with Crippen LogP contribution in [0.5, 0.6) is 0 Å². The Kier molecular flexibility index (Phi) is 7.73. The van der Waals surface area contributed by atoms with Crippen molar-refractivity contribution < 1.29 is 9.59 Å². The first-order chi connectivity index (χ1) is 11.9. The second-order valence-corrected chi connectivity index (χ2v) is 7.12. The summed E-state index contributed by atoms with van der Waals surface area (Å²) in [4.78, 5) is 23.1. The first-order valence-electron chi connectivity index (χ1n) is 7.52. The van der Waals surface area contributed by atoms with Crippen LogP contribution in [0.1, 0.15) is 34.8 Å². The fourth-order valence-corrected chi connectivity index (χ4v) is 3.22. The maximum atomic E-state index is 12.4. The van der Waals surface area contributed by atoms with E-state index < -0.39 is 0 Å². The van der Waals surface area contributed by atoms with Gasteiger partial charge >= 0.3 is 0 Å². The molecule has 7 heteroatoms. The molecule has 25 heavy (non-hydrogen) atoms. The van der Waals surface area contributed by atoms with Gasteiger partial charge in [-0.1, -0.05) is 52.5 Å². The molecule has 0 saturated heterocycles. The highest BCUT2D eigenvalue weighted by molar-refractivity contribution is 6.42. The SMILES string of the molecule is O=CCCC(NCC(=O)c1cc(Cl)cc(Cl)c1)c1ccc(Cl)c(Cl)c1. The van der Waals surface area contributed by atoms with Gasteiger partial charge in [0.25, 0.3) is 0 Å². The molecule has 0 aliphatic heterocycles. The summed E-state index contributed by atoms with van der Waals surface area (Å²) in [6, 6.07) is 9.72. The maximum Gasteiger partial charge on any atom is 0.176 e. The monoisotopic (exact) mass is 417 g/mol. The number of benzene rings is 2. The standard InChI is InChI=1S/C18H15Cl4NO2/c19-13-6-12(7-14(20)9-13)18(25)10-23-17(2-1-5-24)11-3-4-15(21)16(22)8-11/h3-9,17,23H,1-2,10H2. The van der Waals surface area contributed by atoms with Crippen LogP contribution in [0.3, 0.4) is 0 Å². The molecule has 1 atom stereocenters. The van der Waals surface area contributed by atoms with Crippen molar-refractivity contribution in [1.82, 2.24) is 5.32 Å². The highest BCUT2D eigenvalue weighted by Gasteiger charge is 2.15. The van der Waals surface area contributed by atoms with Crippen molar-refractivity contribution >= 4 is 58.5 Å². The Balaban J connectivity index is 2.12. The minimum Gasteiger partial charge on any atom is -0.303 e. The molecule has 0 amide bonds. The summed E-state index contributed by atoms with van der Waals surface area (Å²) in [5.74, 6) is -0.152. The lowest BCUT2D eigenvalue weighted by atomic mass is 10.0. The molecule has 132 valence electrons. The summed E-state index contributed by atoms with van der Waals surface area (Å²) in [7, 11) is 0. The van der Waals surface area contributed by atoms with Crippen LogP contribution < -0.4 is 5.32 Å². The van der Waals surface area contributed by atoms with Gasteiger partial charge in [0.1, 0.15) is 6.29 Å². The molecule has 0 radical (unpaired) electrons. The Hall–Kier alpha value is -1.10. The Morgan fingerprint density at radius 2 is 1.68 bits per heavy atom. The Morgan fingerprint density at radius 1 is 1.00 bits per heavy atom. The number of carbonyl (C=O) groups excluding carboxylic acids is 2. The average Bonchev–Trinajstić information content (AvgIpc) is 2.56. The highest BCUT2D eigenvalue weighted by Crippen LogP contribution is 2.27. The third kappa shape index (κ3) is 5.98. The van der Waals surface area contributed by atoms with E-state index in [1.807, 2.05) is 6.07 Å². The Labute approximate surface area is 166 Å². The molecule has 0 heterocycles. The zero-order chi connectivity index (χ0) is 18.4. The number of hydrogen-bond donors (Lipinski definition) is 1. The fourth-order valence-electron chi connectivity index (χ4n) is 2.38. The van der Waals surface area contributed by atoms with E-state index in [0.717, 1.165) is 11.8 Å². The van der Waals surface area contributed by atoms with E-state index in [4.69, 9.17) is 46.4 Å². The number of halogens is 4. The molecule has 0 aliphatic rings. The topological polar surface area (TPSA) is 46.2 Å². The van der Waals surface area contributed by atoms with Crippen molar-refractivity contribution in [2.24, 2.45) is 0 Å². The third-order valence-corrected chi connectivity index (χ3v) is 4.79. The minimum atomic E-state index is -0.210. The molecular formula is C18H15Cl4NO2. The normalized spacial score (nSPS) is 12.0. The van der Waals surface area contributed by atoms with Gasteiger partial charge in [-0.25, -0.2) is 0 Å². The van der Waals surface area contributed by atoms with Crippen LogP contribution in [0.25, 0.3) is 0 Å². The third-order valence-electron chi connectivity index (χ3n) is 3.61. The molecule has 0 spiro atoms. The van der Waals surface area contributed by atoms with Crippen LogP contribution in [0.2, 0.25) is 20.1 Å². The first-order valence-corrected chi connectivity index (χ1v) is 9.03. The molecule has 3 nitrogen and oxygen atoms in total. The van der Waals surface area contributed by atoms with Crippen molar-refractivity contribution in [3.05, 3.63) is 67.6 Å². The molecule has 0 aromatic heterocycles. The van der Waals surface area contributed by atoms with Gasteiger partial charge < -0.3 is 10.1 Å². The summed E-state index contributed by atoms with van der Waals surface area (Å²) >= 11 is 23.9. The van der Waals surface area contributed by atoms with Crippen LogP contribution in [0.4, 0.5) is 0 Å². The van der Waals surface area contributed by atoms with E-state index in [9.17, 15) is 9.59 Å². The van der Waals surface area contributed by atoms with Gasteiger partial charge in [0.05, 0.1) is 16.6 Å². The summed E-state index contributed by atoms with van der Waals surface area (Å²) in [5.41, 5.74) is 1.28. The van der Waals surface area contributed by atoms with E-state index in [2.05, 4.69) is 5.32 Å². The smallest absolute Gasteiger partial charge is 0.176 e. The second-order valence-electron chi connectivity index (χ2n) is 5.43. The quantitative estimate of drug-likeness (QED) is 0.435. The van der Waals surface area contributed by atoms with Crippen LogP contribution in [0, 0.1) is 0 Å². The van der Waals surface area contributed by atoms with Gasteiger partial charge in [-0.2, -0.15) is 0 Å². The van der Waals surface area contributed by atoms with Gasteiger partial charge in [0.2, 0.25) is 0 Å². The van der Waals surface area contributed by atoms with Crippen molar-refractivity contribution in [3.8, 4) is 0 Å². The van der Waals surface area contributed by atoms with E-state index in [1.165, 1.54) is 0 Å². The van der Waals surface area contributed by atoms with E-state index >= 15 is 0 Å².